The molecule has 1 fully saturated rings. The molecule has 5 heteroatoms. The van der Waals surface area contributed by atoms with E-state index in [-0.39, 0.29) is 0 Å². The number of hydrogen-bond donors (Lipinski definition) is 1. The number of rotatable bonds is 1. The number of nitrogens with zero attached hydrogens (tertiary/aromatic N) is 2. The van der Waals surface area contributed by atoms with Crippen LogP contribution < -0.4 is 14.8 Å². The van der Waals surface area contributed by atoms with Crippen molar-refractivity contribution >= 4 is 11.5 Å². The lowest BCUT2D eigenvalue weighted by molar-refractivity contribution is 0.357. The standard InChI is InChI=1S/C18H19N3O2/c1-22-13-6-7-14-17(12-13)23-16-5-3-2-4-15(16)20-18(14)21-10-8-19-9-11-21/h2-7,12,19H,8-11H2,1H3. The van der Waals surface area contributed by atoms with E-state index in [2.05, 4.69) is 10.2 Å². The lowest BCUT2D eigenvalue weighted by Crippen LogP contribution is -2.46. The number of piperazine rings is 1. The Balaban J connectivity index is 1.86. The van der Waals surface area contributed by atoms with Crippen molar-refractivity contribution in [3.8, 4) is 17.2 Å². The fraction of sp³-hybridized carbons (Fsp3) is 0.278. The SMILES string of the molecule is COc1ccc2c(c1)Oc1ccccc1N=C2N1CCNCC1. The van der Waals surface area contributed by atoms with Crippen LogP contribution in [-0.4, -0.2) is 44.0 Å². The summed E-state index contributed by atoms with van der Waals surface area (Å²) in [5.74, 6) is 3.30. The molecule has 0 unspecified atom stereocenters. The van der Waals surface area contributed by atoms with Gasteiger partial charge in [0.05, 0.1) is 12.7 Å². The van der Waals surface area contributed by atoms with Crippen LogP contribution in [0.2, 0.25) is 0 Å². The average molecular weight is 309 g/mol. The van der Waals surface area contributed by atoms with Crippen LogP contribution in [0, 0.1) is 0 Å². The highest BCUT2D eigenvalue weighted by molar-refractivity contribution is 6.04. The van der Waals surface area contributed by atoms with Gasteiger partial charge in [-0.25, -0.2) is 4.99 Å². The van der Waals surface area contributed by atoms with E-state index in [1.807, 2.05) is 42.5 Å². The van der Waals surface area contributed by atoms with E-state index in [0.717, 1.165) is 60.5 Å². The van der Waals surface area contributed by atoms with Crippen molar-refractivity contribution in [2.75, 3.05) is 33.3 Å². The maximum atomic E-state index is 6.13. The van der Waals surface area contributed by atoms with Gasteiger partial charge in [-0.2, -0.15) is 0 Å². The molecule has 2 aliphatic heterocycles. The maximum absolute atomic E-state index is 6.13. The molecule has 2 heterocycles. The van der Waals surface area contributed by atoms with E-state index in [1.165, 1.54) is 0 Å². The number of ether oxygens (including phenoxy) is 2. The number of aliphatic imine (C=N–C) groups is 1. The van der Waals surface area contributed by atoms with E-state index >= 15 is 0 Å². The molecule has 0 radical (unpaired) electrons. The minimum atomic E-state index is 0.770. The van der Waals surface area contributed by atoms with Crippen molar-refractivity contribution in [3.63, 3.8) is 0 Å². The van der Waals surface area contributed by atoms with Crippen molar-refractivity contribution < 1.29 is 9.47 Å². The van der Waals surface area contributed by atoms with Gasteiger partial charge in [-0.1, -0.05) is 12.1 Å². The summed E-state index contributed by atoms with van der Waals surface area (Å²) in [6.07, 6.45) is 0. The first-order chi connectivity index (χ1) is 11.3. The van der Waals surface area contributed by atoms with E-state index in [0.29, 0.717) is 0 Å². The fourth-order valence-electron chi connectivity index (χ4n) is 2.95. The summed E-state index contributed by atoms with van der Waals surface area (Å²) in [5, 5.41) is 3.38. The Morgan fingerprint density at radius 3 is 2.74 bits per heavy atom. The van der Waals surface area contributed by atoms with Gasteiger partial charge in [0, 0.05) is 32.2 Å². The van der Waals surface area contributed by atoms with Gasteiger partial charge in [-0.05, 0) is 24.3 Å². The third-order valence-electron chi connectivity index (χ3n) is 4.16. The molecular weight excluding hydrogens is 290 g/mol. The van der Waals surface area contributed by atoms with Crippen LogP contribution in [0.5, 0.6) is 17.2 Å². The van der Waals surface area contributed by atoms with E-state index < -0.39 is 0 Å². The number of para-hydroxylation sites is 2. The van der Waals surface area contributed by atoms with Gasteiger partial charge in [-0.15, -0.1) is 0 Å². The lowest BCUT2D eigenvalue weighted by Gasteiger charge is -2.30. The molecule has 2 aromatic rings. The fourth-order valence-corrected chi connectivity index (χ4v) is 2.95. The summed E-state index contributed by atoms with van der Waals surface area (Å²) in [6.45, 7) is 3.80. The van der Waals surface area contributed by atoms with Crippen molar-refractivity contribution in [1.29, 1.82) is 0 Å². The number of hydrogen-bond acceptors (Lipinski definition) is 5. The summed E-state index contributed by atoms with van der Waals surface area (Å²) in [7, 11) is 1.66. The lowest BCUT2D eigenvalue weighted by atomic mass is 10.1. The molecule has 0 spiro atoms. The highest BCUT2D eigenvalue weighted by Crippen LogP contribution is 2.39. The van der Waals surface area contributed by atoms with Crippen molar-refractivity contribution in [2.24, 2.45) is 4.99 Å². The second kappa shape index (κ2) is 5.93. The monoisotopic (exact) mass is 309 g/mol. The van der Waals surface area contributed by atoms with E-state index in [9.17, 15) is 0 Å². The average Bonchev–Trinajstić information content (AvgIpc) is 2.78. The number of methoxy groups -OCH3 is 1. The Morgan fingerprint density at radius 2 is 1.91 bits per heavy atom. The molecule has 1 N–H and O–H groups in total. The Hall–Kier alpha value is -2.53. The molecule has 4 rings (SSSR count). The zero-order valence-electron chi connectivity index (χ0n) is 13.1. The normalized spacial score (nSPS) is 16.6. The number of amidine groups is 1. The summed E-state index contributed by atoms with van der Waals surface area (Å²) in [4.78, 5) is 7.22. The van der Waals surface area contributed by atoms with Crippen LogP contribution in [-0.2, 0) is 0 Å². The third kappa shape index (κ3) is 2.64. The Kier molecular flexibility index (Phi) is 3.63. The first kappa shape index (κ1) is 14.1. The highest BCUT2D eigenvalue weighted by Gasteiger charge is 2.24. The second-order valence-corrected chi connectivity index (χ2v) is 5.60. The minimum Gasteiger partial charge on any atom is -0.497 e. The number of fused-ring (bicyclic) bond motifs is 2. The predicted molar refractivity (Wildman–Crippen MR) is 90.1 cm³/mol. The van der Waals surface area contributed by atoms with Crippen LogP contribution in [0.1, 0.15) is 5.56 Å². The quantitative estimate of drug-likeness (QED) is 0.880. The van der Waals surface area contributed by atoms with Gasteiger partial charge >= 0.3 is 0 Å². The summed E-state index contributed by atoms with van der Waals surface area (Å²) >= 11 is 0. The highest BCUT2D eigenvalue weighted by atomic mass is 16.5. The predicted octanol–water partition coefficient (Wildman–Crippen LogP) is 2.78. The van der Waals surface area contributed by atoms with Crippen LogP contribution in [0.4, 0.5) is 5.69 Å². The Labute approximate surface area is 135 Å². The smallest absolute Gasteiger partial charge is 0.153 e. The van der Waals surface area contributed by atoms with Crippen LogP contribution in [0.25, 0.3) is 0 Å². The van der Waals surface area contributed by atoms with Gasteiger partial charge in [0.15, 0.2) is 5.75 Å². The first-order valence-electron chi connectivity index (χ1n) is 7.85. The zero-order valence-corrected chi connectivity index (χ0v) is 13.1. The summed E-state index contributed by atoms with van der Waals surface area (Å²) in [5.41, 5.74) is 1.86. The Bertz CT molecular complexity index is 752. The molecule has 0 aromatic heterocycles. The van der Waals surface area contributed by atoms with Gasteiger partial charge < -0.3 is 19.7 Å². The Morgan fingerprint density at radius 1 is 1.09 bits per heavy atom. The molecule has 2 aliphatic rings. The topological polar surface area (TPSA) is 46.1 Å². The first-order valence-corrected chi connectivity index (χ1v) is 7.85. The van der Waals surface area contributed by atoms with Gasteiger partial charge in [-0.3, -0.25) is 0 Å². The second-order valence-electron chi connectivity index (χ2n) is 5.60. The minimum absolute atomic E-state index is 0.770. The molecule has 0 aliphatic carbocycles. The molecule has 0 atom stereocenters. The number of benzene rings is 2. The van der Waals surface area contributed by atoms with Crippen molar-refractivity contribution in [2.45, 2.75) is 0 Å². The van der Waals surface area contributed by atoms with Crippen LogP contribution >= 0.6 is 0 Å². The summed E-state index contributed by atoms with van der Waals surface area (Å²) < 4.78 is 11.5. The molecule has 0 bridgehead atoms. The molecule has 23 heavy (non-hydrogen) atoms. The number of nitrogens with one attached hydrogen (secondary N) is 1. The van der Waals surface area contributed by atoms with E-state index in [4.69, 9.17) is 14.5 Å². The van der Waals surface area contributed by atoms with Crippen molar-refractivity contribution in [3.05, 3.63) is 48.0 Å². The van der Waals surface area contributed by atoms with Gasteiger partial charge in [0.2, 0.25) is 0 Å². The molecule has 5 nitrogen and oxygen atoms in total. The molecular formula is C18H19N3O2. The zero-order chi connectivity index (χ0) is 15.6. The maximum Gasteiger partial charge on any atom is 0.153 e. The summed E-state index contributed by atoms with van der Waals surface area (Å²) in [6, 6.07) is 13.8. The van der Waals surface area contributed by atoms with Gasteiger partial charge in [0.25, 0.3) is 0 Å². The van der Waals surface area contributed by atoms with Crippen molar-refractivity contribution in [1.82, 2.24) is 10.2 Å². The molecule has 118 valence electrons. The van der Waals surface area contributed by atoms with Crippen LogP contribution in [0.3, 0.4) is 0 Å². The molecule has 1 saturated heterocycles. The largest absolute Gasteiger partial charge is 0.497 e. The molecule has 2 aromatic carbocycles. The third-order valence-corrected chi connectivity index (χ3v) is 4.16. The molecule has 0 amide bonds. The van der Waals surface area contributed by atoms with Crippen LogP contribution in [0.15, 0.2) is 47.5 Å². The molecule has 0 saturated carbocycles. The van der Waals surface area contributed by atoms with Gasteiger partial charge in [0.1, 0.15) is 23.0 Å². The van der Waals surface area contributed by atoms with E-state index in [1.54, 1.807) is 7.11 Å².